The molecule has 2 saturated heterocycles. The highest BCUT2D eigenvalue weighted by atomic mass is 32.1. The number of fused-ring (bicyclic) bond motifs is 2. The van der Waals surface area contributed by atoms with Gasteiger partial charge in [-0.3, -0.25) is 19.2 Å². The molecule has 4 amide bonds. The summed E-state index contributed by atoms with van der Waals surface area (Å²) in [6, 6.07) is 8.42. The Morgan fingerprint density at radius 1 is 0.873 bits per heavy atom. The predicted molar refractivity (Wildman–Crippen MR) is 213 cm³/mol. The number of aliphatic hydroxyl groups excluding tert-OH is 1. The van der Waals surface area contributed by atoms with Crippen LogP contribution in [-0.4, -0.2) is 90.3 Å². The maximum atomic E-state index is 13.5. The van der Waals surface area contributed by atoms with Crippen molar-refractivity contribution in [3.05, 3.63) is 58.6 Å². The molecular weight excluding hydrogens is 737 g/mol. The second kappa shape index (κ2) is 16.0. The van der Waals surface area contributed by atoms with Gasteiger partial charge in [-0.15, -0.1) is 22.7 Å². The number of benzene rings is 1. The topological polar surface area (TPSA) is 176 Å². The molecule has 7 rings (SSSR count). The summed E-state index contributed by atoms with van der Waals surface area (Å²) < 4.78 is 2.27. The molecule has 0 bridgehead atoms. The minimum Gasteiger partial charge on any atom is -0.387 e. The first-order valence-electron chi connectivity index (χ1n) is 18.8. The highest BCUT2D eigenvalue weighted by Gasteiger charge is 2.38. The van der Waals surface area contributed by atoms with E-state index >= 15 is 0 Å². The Morgan fingerprint density at radius 3 is 2.16 bits per heavy atom. The fraction of sp³-hybridized carbons (Fsp3) is 0.450. The quantitative estimate of drug-likeness (QED) is 0.120. The summed E-state index contributed by atoms with van der Waals surface area (Å²) in [4.78, 5) is 72.8. The fourth-order valence-corrected chi connectivity index (χ4v) is 9.73. The van der Waals surface area contributed by atoms with Gasteiger partial charge in [-0.25, -0.2) is 9.97 Å². The van der Waals surface area contributed by atoms with Gasteiger partial charge in [0.05, 0.1) is 44.8 Å². The van der Waals surface area contributed by atoms with E-state index in [0.717, 1.165) is 73.0 Å². The number of hydrogen-bond acceptors (Lipinski definition) is 9. The van der Waals surface area contributed by atoms with E-state index in [1.807, 2.05) is 57.0 Å². The molecule has 55 heavy (non-hydrogen) atoms. The molecule has 5 N–H and O–H groups in total. The van der Waals surface area contributed by atoms with E-state index < -0.39 is 24.6 Å². The van der Waals surface area contributed by atoms with E-state index in [1.54, 1.807) is 27.6 Å². The van der Waals surface area contributed by atoms with Crippen molar-refractivity contribution < 1.29 is 24.3 Å². The van der Waals surface area contributed by atoms with Gasteiger partial charge in [0, 0.05) is 35.0 Å². The molecule has 1 unspecified atom stereocenters. The molecule has 0 saturated carbocycles. The smallest absolute Gasteiger partial charge is 0.246 e. The lowest BCUT2D eigenvalue weighted by Gasteiger charge is -2.30. The Morgan fingerprint density at radius 2 is 1.53 bits per heavy atom. The average molecular weight is 783 g/mol. The third-order valence-electron chi connectivity index (χ3n) is 10.3. The molecule has 4 atom stereocenters. The Bertz CT molecular complexity index is 2280. The van der Waals surface area contributed by atoms with Crippen molar-refractivity contribution in [3.8, 4) is 22.4 Å². The zero-order valence-electron chi connectivity index (χ0n) is 31.6. The maximum absolute atomic E-state index is 13.5. The zero-order valence-corrected chi connectivity index (χ0v) is 33.2. The number of carbonyl (C=O) groups excluding carboxylic acids is 4. The summed E-state index contributed by atoms with van der Waals surface area (Å²) in [6.07, 6.45) is 5.11. The van der Waals surface area contributed by atoms with Crippen molar-refractivity contribution in [2.24, 2.45) is 11.8 Å². The number of rotatable bonds is 10. The van der Waals surface area contributed by atoms with Gasteiger partial charge in [-0.1, -0.05) is 39.5 Å². The Kier molecular flexibility index (Phi) is 11.1. The minimum atomic E-state index is -0.725. The van der Waals surface area contributed by atoms with Crippen LogP contribution in [0.3, 0.4) is 0 Å². The van der Waals surface area contributed by atoms with Crippen LogP contribution in [0.2, 0.25) is 0 Å². The lowest BCUT2D eigenvalue weighted by atomic mass is 10.0. The van der Waals surface area contributed by atoms with E-state index in [9.17, 15) is 24.3 Å². The van der Waals surface area contributed by atoms with Crippen molar-refractivity contribution in [3.63, 3.8) is 0 Å². The van der Waals surface area contributed by atoms with Gasteiger partial charge in [0.1, 0.15) is 30.3 Å². The third kappa shape index (κ3) is 8.03. The Hall–Kier alpha value is -5.04. The molecule has 2 aliphatic heterocycles. The van der Waals surface area contributed by atoms with Crippen molar-refractivity contribution in [2.75, 3.05) is 19.7 Å². The molecule has 2 aliphatic rings. The Labute approximate surface area is 327 Å². The molecule has 13 nitrogen and oxygen atoms in total. The molecule has 6 heterocycles. The molecule has 2 fully saturated rings. The second-order valence-corrected chi connectivity index (χ2v) is 17.2. The number of carbonyl (C=O) groups is 4. The summed E-state index contributed by atoms with van der Waals surface area (Å²) in [5.41, 5.74) is 3.37. The van der Waals surface area contributed by atoms with Crippen LogP contribution in [0.4, 0.5) is 0 Å². The largest absolute Gasteiger partial charge is 0.387 e. The first-order valence-corrected chi connectivity index (χ1v) is 20.4. The molecule has 0 spiro atoms. The van der Waals surface area contributed by atoms with Crippen LogP contribution in [0, 0.1) is 23.7 Å². The maximum Gasteiger partial charge on any atom is 0.246 e. The summed E-state index contributed by atoms with van der Waals surface area (Å²) in [5.74, 6) is 6.90. The number of amides is 4. The van der Waals surface area contributed by atoms with Gasteiger partial charge in [0.25, 0.3) is 0 Å². The first-order chi connectivity index (χ1) is 26.4. The molecule has 0 aliphatic carbocycles. The van der Waals surface area contributed by atoms with Crippen LogP contribution in [0.5, 0.6) is 0 Å². The highest BCUT2D eigenvalue weighted by molar-refractivity contribution is 7.29. The number of nitrogens with one attached hydrogen (secondary N) is 4. The standard InChI is InChI=1S/C40H46N8O5S2/c1-21(2)35(42-23(5)50)39(52)47-14-6-8-29(47)37-41-19-28(45-37)31-18-33-32(55-31)17-25(54-33)12-10-24-11-13-26-27(16-24)44-38(43-26)30-9-7-15-48(30)40(53)36(22(3)4)46-34(51)20-49/h11,13,16-19,21-22,29-30,35-36,49H,6-9,14-15,20H2,1-5H3,(H,41,45)(H,42,50)(H,43,44)(H,46,51)/t29-,30?,35-,36-/m1/s1. The number of likely N-dealkylation sites (tertiary alicyclic amines) is 2. The van der Waals surface area contributed by atoms with Gasteiger partial charge in [0.2, 0.25) is 23.6 Å². The molecule has 0 radical (unpaired) electrons. The van der Waals surface area contributed by atoms with Gasteiger partial charge in [-0.2, -0.15) is 0 Å². The van der Waals surface area contributed by atoms with Crippen molar-refractivity contribution in [1.29, 1.82) is 0 Å². The van der Waals surface area contributed by atoms with Crippen LogP contribution < -0.4 is 10.6 Å². The molecular formula is C40H46N8O5S2. The van der Waals surface area contributed by atoms with Crippen LogP contribution in [0.1, 0.15) is 94.5 Å². The zero-order chi connectivity index (χ0) is 39.0. The number of aromatic amines is 2. The molecule has 5 aromatic rings. The second-order valence-electron chi connectivity index (χ2n) is 15.0. The van der Waals surface area contributed by atoms with E-state index in [4.69, 9.17) is 9.97 Å². The molecule has 288 valence electrons. The van der Waals surface area contributed by atoms with Crippen LogP contribution >= 0.6 is 22.7 Å². The lowest BCUT2D eigenvalue weighted by molar-refractivity contribution is -0.139. The fourth-order valence-electron chi connectivity index (χ4n) is 7.51. The summed E-state index contributed by atoms with van der Waals surface area (Å²) in [5, 5.41) is 14.7. The number of nitrogens with zero attached hydrogens (tertiary/aromatic N) is 4. The lowest BCUT2D eigenvalue weighted by Crippen LogP contribution is -2.51. The summed E-state index contributed by atoms with van der Waals surface area (Å²) in [7, 11) is 0. The van der Waals surface area contributed by atoms with Gasteiger partial charge in [-0.05, 0) is 67.9 Å². The SMILES string of the molecule is CC(=O)N[C@@H](C(=O)N1CCC[C@@H]1c1ncc(-c2cc3sc(C#Cc4ccc5nc(C6CCCN6C(=O)[C@H](NC(=O)CO)C(C)C)[nH]c5c4)cc3s2)[nH]1)C(C)C. The molecule has 1 aromatic carbocycles. The van der Waals surface area contributed by atoms with E-state index in [1.165, 1.54) is 6.92 Å². The van der Waals surface area contributed by atoms with Crippen molar-refractivity contribution in [1.82, 2.24) is 40.4 Å². The van der Waals surface area contributed by atoms with E-state index in [0.29, 0.717) is 18.9 Å². The number of imidazole rings is 2. The monoisotopic (exact) mass is 782 g/mol. The summed E-state index contributed by atoms with van der Waals surface area (Å²) >= 11 is 3.30. The average Bonchev–Trinajstić information content (AvgIpc) is 3.99. The summed E-state index contributed by atoms with van der Waals surface area (Å²) in [6.45, 7) is 9.61. The van der Waals surface area contributed by atoms with E-state index in [2.05, 4.69) is 44.6 Å². The number of aliphatic hydroxyl groups is 1. The van der Waals surface area contributed by atoms with Crippen LogP contribution in [-0.2, 0) is 19.2 Å². The number of H-pyrrole nitrogens is 2. The number of aromatic nitrogens is 4. The Balaban J connectivity index is 1.03. The van der Waals surface area contributed by atoms with Crippen molar-refractivity contribution >= 4 is 66.7 Å². The normalized spacial score (nSPS) is 18.3. The van der Waals surface area contributed by atoms with Crippen LogP contribution in [0.25, 0.3) is 31.0 Å². The third-order valence-corrected chi connectivity index (χ3v) is 12.5. The number of hydrogen-bond donors (Lipinski definition) is 5. The first kappa shape index (κ1) is 38.2. The van der Waals surface area contributed by atoms with Gasteiger partial charge < -0.3 is 35.5 Å². The molecule has 4 aromatic heterocycles. The predicted octanol–water partition coefficient (Wildman–Crippen LogP) is 5.25. The van der Waals surface area contributed by atoms with Crippen LogP contribution in [0.15, 0.2) is 36.5 Å². The van der Waals surface area contributed by atoms with Gasteiger partial charge in [0.15, 0.2) is 0 Å². The number of thiophene rings is 2. The van der Waals surface area contributed by atoms with Gasteiger partial charge >= 0.3 is 0 Å². The van der Waals surface area contributed by atoms with E-state index in [-0.39, 0.29) is 41.6 Å². The minimum absolute atomic E-state index is 0.0271. The molecule has 15 heteroatoms. The highest BCUT2D eigenvalue weighted by Crippen LogP contribution is 2.39. The van der Waals surface area contributed by atoms with Crippen molar-refractivity contribution in [2.45, 2.75) is 84.5 Å².